The summed E-state index contributed by atoms with van der Waals surface area (Å²) in [5.74, 6) is 1.22. The van der Waals surface area contributed by atoms with Crippen LogP contribution in [0.2, 0.25) is 0 Å². The van der Waals surface area contributed by atoms with Crippen molar-refractivity contribution >= 4 is 11.8 Å². The average molecular weight is 99.2 g/mol. The smallest absolute Gasteiger partial charge is 0.0633 e. The van der Waals surface area contributed by atoms with E-state index in [0.29, 0.717) is 5.25 Å². The minimum absolute atomic E-state index is 0.704. The van der Waals surface area contributed by atoms with Crippen LogP contribution < -0.4 is 0 Å². The second-order valence-corrected chi connectivity index (χ2v) is 2.65. The molecule has 1 nitrogen and oxygen atoms in total. The minimum atomic E-state index is 0.704. The fraction of sp³-hybridized carbons (Fsp3) is 0.750. The Bertz CT molecular complexity index is 80.0. The minimum Gasteiger partial charge on any atom is -0.198 e. The molecule has 0 bridgehead atoms. The molecule has 1 rings (SSSR count). The van der Waals surface area contributed by atoms with E-state index in [0.717, 1.165) is 6.42 Å². The van der Waals surface area contributed by atoms with E-state index in [1.165, 1.54) is 5.75 Å². The largest absolute Gasteiger partial charge is 0.198 e. The highest BCUT2D eigenvalue weighted by atomic mass is 32.2. The fourth-order valence-corrected chi connectivity index (χ4v) is 0.734. The maximum absolute atomic E-state index is 8.01. The molecule has 0 aromatic heterocycles. The van der Waals surface area contributed by atoms with Gasteiger partial charge in [0.05, 0.1) is 6.07 Å². The van der Waals surface area contributed by atoms with Gasteiger partial charge in [0.25, 0.3) is 0 Å². The van der Waals surface area contributed by atoms with Crippen LogP contribution in [0.15, 0.2) is 0 Å². The van der Waals surface area contributed by atoms with E-state index in [1.54, 1.807) is 0 Å². The van der Waals surface area contributed by atoms with Crippen molar-refractivity contribution in [1.82, 2.24) is 0 Å². The lowest BCUT2D eigenvalue weighted by molar-refractivity contribution is 1.09. The summed E-state index contributed by atoms with van der Waals surface area (Å²) in [7, 11) is 0. The predicted molar refractivity (Wildman–Crippen MR) is 26.5 cm³/mol. The third-order valence-corrected chi connectivity index (χ3v) is 1.69. The summed E-state index contributed by atoms with van der Waals surface area (Å²) in [6.45, 7) is 0. The molecule has 1 aliphatic heterocycles. The molecule has 0 aliphatic carbocycles. The first-order valence-corrected chi connectivity index (χ1v) is 2.97. The molecular formula is C4H5NS. The standard InChI is InChI=1S/C4H5NS/c5-2-1-4-3-6-4/h4H,1,3H2/t4-/m1/s1. The molecule has 0 aromatic rings. The van der Waals surface area contributed by atoms with Crippen molar-refractivity contribution in [2.45, 2.75) is 11.7 Å². The molecule has 0 radical (unpaired) electrons. The molecule has 32 valence electrons. The van der Waals surface area contributed by atoms with E-state index < -0.39 is 0 Å². The van der Waals surface area contributed by atoms with Crippen LogP contribution in [0.4, 0.5) is 0 Å². The first-order valence-electron chi connectivity index (χ1n) is 1.92. The van der Waals surface area contributed by atoms with Gasteiger partial charge in [0.2, 0.25) is 0 Å². The van der Waals surface area contributed by atoms with Crippen LogP contribution in [0.3, 0.4) is 0 Å². The zero-order chi connectivity index (χ0) is 4.41. The molecular weight excluding hydrogens is 94.1 g/mol. The fourth-order valence-electron chi connectivity index (χ4n) is 0.288. The normalized spacial score (nSPS) is 28.8. The molecule has 0 aromatic carbocycles. The summed E-state index contributed by atoms with van der Waals surface area (Å²) >= 11 is 1.87. The lowest BCUT2D eigenvalue weighted by Gasteiger charge is -1.68. The van der Waals surface area contributed by atoms with Gasteiger partial charge in [-0.05, 0) is 0 Å². The van der Waals surface area contributed by atoms with Crippen LogP contribution in [0.25, 0.3) is 0 Å². The number of nitriles is 1. The number of hydrogen-bond acceptors (Lipinski definition) is 2. The molecule has 0 spiro atoms. The van der Waals surface area contributed by atoms with Gasteiger partial charge >= 0.3 is 0 Å². The number of nitrogens with zero attached hydrogens (tertiary/aromatic N) is 1. The van der Waals surface area contributed by atoms with Gasteiger partial charge in [-0.3, -0.25) is 0 Å². The first kappa shape index (κ1) is 4.01. The number of thioether (sulfide) groups is 1. The maximum atomic E-state index is 8.01. The van der Waals surface area contributed by atoms with Gasteiger partial charge in [-0.15, -0.1) is 0 Å². The number of hydrogen-bond donors (Lipinski definition) is 0. The average Bonchev–Trinajstić information content (AvgIpc) is 2.21. The molecule has 0 unspecified atom stereocenters. The van der Waals surface area contributed by atoms with Gasteiger partial charge in [-0.2, -0.15) is 17.0 Å². The Labute approximate surface area is 41.3 Å². The molecule has 1 atom stereocenters. The highest BCUT2D eigenvalue weighted by Gasteiger charge is 2.20. The summed E-state index contributed by atoms with van der Waals surface area (Å²) in [6.07, 6.45) is 0.755. The van der Waals surface area contributed by atoms with Crippen molar-refractivity contribution in [3.8, 4) is 6.07 Å². The lowest BCUT2D eigenvalue weighted by Crippen LogP contribution is -1.74. The van der Waals surface area contributed by atoms with E-state index in [1.807, 2.05) is 11.8 Å². The summed E-state index contributed by atoms with van der Waals surface area (Å²) in [6, 6.07) is 2.11. The van der Waals surface area contributed by atoms with Crippen molar-refractivity contribution in [2.75, 3.05) is 5.75 Å². The van der Waals surface area contributed by atoms with Crippen LogP contribution in [0.1, 0.15) is 6.42 Å². The molecule has 1 aliphatic rings. The van der Waals surface area contributed by atoms with Crippen LogP contribution in [-0.2, 0) is 0 Å². The molecule has 1 saturated heterocycles. The van der Waals surface area contributed by atoms with Gasteiger partial charge in [-0.25, -0.2) is 0 Å². The van der Waals surface area contributed by atoms with E-state index in [-0.39, 0.29) is 0 Å². The molecule has 2 heteroatoms. The Balaban J connectivity index is 2.05. The lowest BCUT2D eigenvalue weighted by atomic mass is 10.4. The third-order valence-electron chi connectivity index (χ3n) is 0.721. The Morgan fingerprint density at radius 1 is 2.00 bits per heavy atom. The van der Waals surface area contributed by atoms with E-state index in [9.17, 15) is 0 Å². The quantitative estimate of drug-likeness (QED) is 0.458. The second kappa shape index (κ2) is 1.53. The highest BCUT2D eigenvalue weighted by Crippen LogP contribution is 2.32. The summed E-state index contributed by atoms with van der Waals surface area (Å²) in [5, 5.41) is 8.72. The predicted octanol–water partition coefficient (Wildman–Crippen LogP) is 1.02. The Morgan fingerprint density at radius 2 is 2.67 bits per heavy atom. The highest BCUT2D eigenvalue weighted by molar-refractivity contribution is 8.06. The molecule has 6 heavy (non-hydrogen) atoms. The Hall–Kier alpha value is -0.160. The van der Waals surface area contributed by atoms with Gasteiger partial charge in [-0.1, -0.05) is 0 Å². The van der Waals surface area contributed by atoms with Crippen molar-refractivity contribution in [2.24, 2.45) is 0 Å². The topological polar surface area (TPSA) is 23.8 Å². The van der Waals surface area contributed by atoms with Gasteiger partial charge < -0.3 is 0 Å². The summed E-state index contributed by atoms with van der Waals surface area (Å²) < 4.78 is 0. The van der Waals surface area contributed by atoms with Gasteiger partial charge in [0, 0.05) is 17.4 Å². The third kappa shape index (κ3) is 0.908. The molecule has 1 fully saturated rings. The second-order valence-electron chi connectivity index (χ2n) is 1.32. The van der Waals surface area contributed by atoms with Crippen LogP contribution >= 0.6 is 11.8 Å². The molecule has 0 N–H and O–H groups in total. The summed E-state index contributed by atoms with van der Waals surface area (Å²) in [5.41, 5.74) is 0. The zero-order valence-electron chi connectivity index (χ0n) is 3.35. The van der Waals surface area contributed by atoms with E-state index >= 15 is 0 Å². The van der Waals surface area contributed by atoms with Gasteiger partial charge in [0.1, 0.15) is 0 Å². The Kier molecular flexibility index (Phi) is 1.02. The van der Waals surface area contributed by atoms with Crippen molar-refractivity contribution in [1.29, 1.82) is 5.26 Å². The maximum Gasteiger partial charge on any atom is 0.0633 e. The van der Waals surface area contributed by atoms with Crippen LogP contribution in [0, 0.1) is 11.3 Å². The number of rotatable bonds is 1. The Morgan fingerprint density at radius 3 is 2.83 bits per heavy atom. The van der Waals surface area contributed by atoms with Gasteiger partial charge in [0.15, 0.2) is 0 Å². The van der Waals surface area contributed by atoms with Crippen molar-refractivity contribution < 1.29 is 0 Å². The molecule has 0 saturated carbocycles. The van der Waals surface area contributed by atoms with Crippen molar-refractivity contribution in [3.05, 3.63) is 0 Å². The summed E-state index contributed by atoms with van der Waals surface area (Å²) in [4.78, 5) is 0. The monoisotopic (exact) mass is 99.0 g/mol. The SMILES string of the molecule is N#CC[C@@H]1CS1. The van der Waals surface area contributed by atoms with Crippen LogP contribution in [0.5, 0.6) is 0 Å². The zero-order valence-corrected chi connectivity index (χ0v) is 4.16. The van der Waals surface area contributed by atoms with Crippen LogP contribution in [-0.4, -0.2) is 11.0 Å². The van der Waals surface area contributed by atoms with Crippen molar-refractivity contribution in [3.63, 3.8) is 0 Å². The van der Waals surface area contributed by atoms with E-state index in [4.69, 9.17) is 5.26 Å². The van der Waals surface area contributed by atoms with E-state index in [2.05, 4.69) is 6.07 Å². The molecule has 1 heterocycles. The molecule has 0 amide bonds. The first-order chi connectivity index (χ1) is 2.93.